The van der Waals surface area contributed by atoms with Crippen LogP contribution in [0.4, 0.5) is 5.69 Å². The summed E-state index contributed by atoms with van der Waals surface area (Å²) in [6.45, 7) is 1.43. The molecule has 2 amide bonds. The number of carbonyl (C=O) groups is 3. The second kappa shape index (κ2) is 7.78. The topological polar surface area (TPSA) is 106 Å². The Hall–Kier alpha value is -2.61. The molecule has 1 aromatic carbocycles. The summed E-state index contributed by atoms with van der Waals surface area (Å²) in [5.74, 6) is -1.06. The first-order chi connectivity index (χ1) is 11.4. The third-order valence-corrected chi connectivity index (χ3v) is 3.51. The normalized spacial score (nSPS) is 15.0. The lowest BCUT2D eigenvalue weighted by molar-refractivity contribution is -0.146. The van der Waals surface area contributed by atoms with E-state index in [0.29, 0.717) is 16.5 Å². The number of esters is 1. The molecular weight excluding hydrogens is 338 g/mol. The number of nitrogens with zero attached hydrogens (tertiary/aromatic N) is 1. The number of hydrogen-bond donors (Lipinski definition) is 2. The van der Waals surface area contributed by atoms with Gasteiger partial charge in [0.2, 0.25) is 5.91 Å². The molecule has 0 saturated carbocycles. The first-order valence-electron chi connectivity index (χ1n) is 7.11. The van der Waals surface area contributed by atoms with Crippen LogP contribution in [0.25, 0.3) is 0 Å². The fraction of sp³-hybridized carbons (Fsp3) is 0.333. The van der Waals surface area contributed by atoms with Crippen molar-refractivity contribution in [3.8, 4) is 5.75 Å². The molecule has 24 heavy (non-hydrogen) atoms. The van der Waals surface area contributed by atoms with Gasteiger partial charge in [-0.1, -0.05) is 11.6 Å². The van der Waals surface area contributed by atoms with Crippen molar-refractivity contribution in [3.05, 3.63) is 23.2 Å². The van der Waals surface area contributed by atoms with Crippen LogP contribution in [0.2, 0.25) is 5.02 Å². The molecule has 0 unspecified atom stereocenters. The Labute approximate surface area is 143 Å². The minimum absolute atomic E-state index is 0.0711. The number of methoxy groups -OCH3 is 1. The van der Waals surface area contributed by atoms with Crippen molar-refractivity contribution in [1.82, 2.24) is 5.43 Å². The second-order valence-corrected chi connectivity index (χ2v) is 5.39. The fourth-order valence-electron chi connectivity index (χ4n) is 1.89. The van der Waals surface area contributed by atoms with Crippen molar-refractivity contribution in [3.63, 3.8) is 0 Å². The Bertz CT molecular complexity index is 704. The van der Waals surface area contributed by atoms with Crippen molar-refractivity contribution in [2.75, 3.05) is 12.4 Å². The fourth-order valence-corrected chi connectivity index (χ4v) is 2.15. The van der Waals surface area contributed by atoms with E-state index in [1.807, 2.05) is 0 Å². The Balaban J connectivity index is 1.93. The molecule has 0 radical (unpaired) electrons. The van der Waals surface area contributed by atoms with E-state index in [-0.39, 0.29) is 24.5 Å². The Morgan fingerprint density at radius 3 is 2.71 bits per heavy atom. The van der Waals surface area contributed by atoms with Gasteiger partial charge in [-0.15, -0.1) is 0 Å². The standard InChI is InChI=1S/C15H16ClN3O5/c1-8(24-15(22)11-4-6-13(20)19-18-11)14(21)17-9-3-5-12(23-2)10(16)7-9/h3,5,7-8H,4,6H2,1-2H3,(H,17,21)(H,19,20)/t8-/m1/s1. The highest BCUT2D eigenvalue weighted by Gasteiger charge is 2.24. The molecule has 1 aliphatic rings. The zero-order chi connectivity index (χ0) is 17.7. The number of amides is 2. The number of carbonyl (C=O) groups excluding carboxylic acids is 3. The van der Waals surface area contributed by atoms with Gasteiger partial charge in [-0.2, -0.15) is 5.10 Å². The van der Waals surface area contributed by atoms with Crippen LogP contribution < -0.4 is 15.5 Å². The average Bonchev–Trinajstić information content (AvgIpc) is 2.55. The molecule has 0 bridgehead atoms. The summed E-state index contributed by atoms with van der Waals surface area (Å²) in [5, 5.41) is 6.54. The van der Waals surface area contributed by atoms with Gasteiger partial charge in [0.1, 0.15) is 11.5 Å². The molecular formula is C15H16ClN3O5. The molecule has 1 aliphatic heterocycles. The average molecular weight is 354 g/mol. The maximum Gasteiger partial charge on any atom is 0.355 e. The van der Waals surface area contributed by atoms with Crippen molar-refractivity contribution in [2.45, 2.75) is 25.9 Å². The molecule has 9 heteroatoms. The van der Waals surface area contributed by atoms with Gasteiger partial charge in [-0.05, 0) is 25.1 Å². The summed E-state index contributed by atoms with van der Waals surface area (Å²) in [7, 11) is 1.48. The zero-order valence-electron chi connectivity index (χ0n) is 13.1. The molecule has 1 atom stereocenters. The van der Waals surface area contributed by atoms with E-state index >= 15 is 0 Å². The molecule has 2 N–H and O–H groups in total. The third-order valence-electron chi connectivity index (χ3n) is 3.21. The van der Waals surface area contributed by atoms with E-state index in [4.69, 9.17) is 21.1 Å². The first kappa shape index (κ1) is 17.7. The molecule has 0 aliphatic carbocycles. The largest absolute Gasteiger partial charge is 0.495 e. The molecule has 8 nitrogen and oxygen atoms in total. The second-order valence-electron chi connectivity index (χ2n) is 4.98. The molecule has 0 aromatic heterocycles. The van der Waals surface area contributed by atoms with Crippen molar-refractivity contribution in [2.24, 2.45) is 5.10 Å². The van der Waals surface area contributed by atoms with E-state index in [1.54, 1.807) is 12.1 Å². The monoisotopic (exact) mass is 353 g/mol. The van der Waals surface area contributed by atoms with Crippen LogP contribution in [0.3, 0.4) is 0 Å². The van der Waals surface area contributed by atoms with E-state index in [1.165, 1.54) is 20.1 Å². The number of hydrogen-bond acceptors (Lipinski definition) is 6. The van der Waals surface area contributed by atoms with Crippen molar-refractivity contribution >= 4 is 40.8 Å². The molecule has 1 aromatic rings. The number of nitrogens with one attached hydrogen (secondary N) is 2. The number of benzene rings is 1. The number of anilines is 1. The predicted octanol–water partition coefficient (Wildman–Crippen LogP) is 1.48. The van der Waals surface area contributed by atoms with Gasteiger partial charge in [0, 0.05) is 18.5 Å². The van der Waals surface area contributed by atoms with Gasteiger partial charge in [0.15, 0.2) is 6.10 Å². The van der Waals surface area contributed by atoms with Crippen LogP contribution in [0, 0.1) is 0 Å². The molecule has 0 saturated heterocycles. The van der Waals surface area contributed by atoms with Crippen LogP contribution in [0.5, 0.6) is 5.75 Å². The van der Waals surface area contributed by atoms with E-state index in [0.717, 1.165) is 0 Å². The SMILES string of the molecule is COc1ccc(NC(=O)[C@@H](C)OC(=O)C2=NNC(=O)CC2)cc1Cl. The van der Waals surface area contributed by atoms with E-state index < -0.39 is 18.0 Å². The first-order valence-corrected chi connectivity index (χ1v) is 7.49. The van der Waals surface area contributed by atoms with Gasteiger partial charge in [0.25, 0.3) is 5.91 Å². The van der Waals surface area contributed by atoms with Gasteiger partial charge in [-0.3, -0.25) is 9.59 Å². The Morgan fingerprint density at radius 1 is 1.38 bits per heavy atom. The Morgan fingerprint density at radius 2 is 2.12 bits per heavy atom. The molecule has 1 heterocycles. The minimum Gasteiger partial charge on any atom is -0.495 e. The predicted molar refractivity (Wildman–Crippen MR) is 87.0 cm³/mol. The van der Waals surface area contributed by atoms with E-state index in [9.17, 15) is 14.4 Å². The third kappa shape index (κ3) is 4.45. The highest BCUT2D eigenvalue weighted by molar-refractivity contribution is 6.37. The zero-order valence-corrected chi connectivity index (χ0v) is 13.8. The van der Waals surface area contributed by atoms with E-state index in [2.05, 4.69) is 15.8 Å². The lowest BCUT2D eigenvalue weighted by Gasteiger charge is -2.16. The van der Waals surface area contributed by atoms with Gasteiger partial charge < -0.3 is 14.8 Å². The number of hydrazone groups is 1. The minimum atomic E-state index is -1.04. The summed E-state index contributed by atoms with van der Waals surface area (Å²) in [6, 6.07) is 4.74. The molecule has 2 rings (SSSR count). The number of halogens is 1. The van der Waals surface area contributed by atoms with Gasteiger partial charge >= 0.3 is 5.97 Å². The van der Waals surface area contributed by atoms with Crippen LogP contribution in [-0.2, 0) is 19.1 Å². The molecule has 0 spiro atoms. The van der Waals surface area contributed by atoms with Crippen LogP contribution in [0.15, 0.2) is 23.3 Å². The van der Waals surface area contributed by atoms with Crippen molar-refractivity contribution < 1.29 is 23.9 Å². The molecule has 0 fully saturated rings. The van der Waals surface area contributed by atoms with Gasteiger partial charge in [-0.25, -0.2) is 10.2 Å². The Kier molecular flexibility index (Phi) is 5.75. The summed E-state index contributed by atoms with van der Waals surface area (Å²) in [5.41, 5.74) is 2.71. The summed E-state index contributed by atoms with van der Waals surface area (Å²) >= 11 is 5.98. The summed E-state index contributed by atoms with van der Waals surface area (Å²) in [6.07, 6.45) is -0.718. The van der Waals surface area contributed by atoms with Crippen LogP contribution >= 0.6 is 11.6 Å². The molecule has 128 valence electrons. The smallest absolute Gasteiger partial charge is 0.355 e. The van der Waals surface area contributed by atoms with Crippen molar-refractivity contribution in [1.29, 1.82) is 0 Å². The van der Waals surface area contributed by atoms with Crippen LogP contribution in [0.1, 0.15) is 19.8 Å². The highest BCUT2D eigenvalue weighted by atomic mass is 35.5. The number of ether oxygens (including phenoxy) is 2. The van der Waals surface area contributed by atoms with Crippen LogP contribution in [-0.4, -0.2) is 36.7 Å². The number of rotatable bonds is 5. The lowest BCUT2D eigenvalue weighted by Crippen LogP contribution is -2.35. The maximum atomic E-state index is 12.1. The summed E-state index contributed by atoms with van der Waals surface area (Å²) < 4.78 is 10.1. The highest BCUT2D eigenvalue weighted by Crippen LogP contribution is 2.27. The van der Waals surface area contributed by atoms with Gasteiger partial charge in [0.05, 0.1) is 12.1 Å². The maximum absolute atomic E-state index is 12.1. The summed E-state index contributed by atoms with van der Waals surface area (Å²) in [4.78, 5) is 34.9. The quantitative estimate of drug-likeness (QED) is 0.780. The lowest BCUT2D eigenvalue weighted by atomic mass is 10.2.